The van der Waals surface area contributed by atoms with Crippen LogP contribution in [0.1, 0.15) is 49.0 Å². The van der Waals surface area contributed by atoms with Crippen LogP contribution in [0.5, 0.6) is 11.5 Å². The Bertz CT molecular complexity index is 920. The fourth-order valence-corrected chi connectivity index (χ4v) is 4.28. The van der Waals surface area contributed by atoms with Crippen molar-refractivity contribution in [1.29, 1.82) is 0 Å². The molecule has 1 aliphatic rings. The van der Waals surface area contributed by atoms with Gasteiger partial charge in [-0.25, -0.2) is 4.79 Å². The number of aryl methyl sites for hydroxylation is 1. The lowest BCUT2D eigenvalue weighted by atomic mass is 9.75. The van der Waals surface area contributed by atoms with Crippen LogP contribution in [-0.2, 0) is 9.53 Å². The average Bonchev–Trinajstić information content (AvgIpc) is 2.72. The molecule has 4 atom stereocenters. The van der Waals surface area contributed by atoms with Gasteiger partial charge in [-0.1, -0.05) is 36.4 Å². The van der Waals surface area contributed by atoms with Gasteiger partial charge in [0.25, 0.3) is 0 Å². The van der Waals surface area contributed by atoms with E-state index in [1.54, 1.807) is 13.2 Å². The molecule has 5 heteroatoms. The lowest BCUT2D eigenvalue weighted by Gasteiger charge is -2.42. The van der Waals surface area contributed by atoms with Gasteiger partial charge in [-0.2, -0.15) is 0 Å². The number of carbonyl (C=O) groups is 1. The minimum atomic E-state index is -1.03. The zero-order chi connectivity index (χ0) is 21.8. The van der Waals surface area contributed by atoms with Gasteiger partial charge in [0.05, 0.1) is 19.3 Å². The fourth-order valence-electron chi connectivity index (χ4n) is 4.28. The van der Waals surface area contributed by atoms with E-state index in [9.17, 15) is 4.79 Å². The quantitative estimate of drug-likeness (QED) is 0.628. The molecule has 0 unspecified atom stereocenters. The molecule has 0 radical (unpaired) electrons. The molecule has 1 fully saturated rings. The van der Waals surface area contributed by atoms with E-state index in [0.29, 0.717) is 11.5 Å². The highest BCUT2D eigenvalue weighted by atomic mass is 16.5. The van der Waals surface area contributed by atoms with E-state index in [-0.39, 0.29) is 24.0 Å². The van der Waals surface area contributed by atoms with Crippen LogP contribution >= 0.6 is 0 Å². The Labute approximate surface area is 178 Å². The second kappa shape index (κ2) is 9.35. The number of methoxy groups -OCH3 is 1. The molecule has 0 aromatic heterocycles. The van der Waals surface area contributed by atoms with Crippen LogP contribution in [0.4, 0.5) is 0 Å². The molecule has 2 aromatic rings. The average molecular weight is 411 g/mol. The molecular formula is C25H30O5. The summed E-state index contributed by atoms with van der Waals surface area (Å²) in [6.45, 7) is 10.1. The highest BCUT2D eigenvalue weighted by Crippen LogP contribution is 2.48. The smallest absolute Gasteiger partial charge is 0.341 e. The van der Waals surface area contributed by atoms with Crippen LogP contribution in [0, 0.1) is 12.8 Å². The monoisotopic (exact) mass is 410 g/mol. The zero-order valence-electron chi connectivity index (χ0n) is 18.1. The predicted molar refractivity (Wildman–Crippen MR) is 116 cm³/mol. The van der Waals surface area contributed by atoms with E-state index in [4.69, 9.17) is 19.3 Å². The topological polar surface area (TPSA) is 65.0 Å². The summed E-state index contributed by atoms with van der Waals surface area (Å²) in [5.74, 6) is 0.372. The van der Waals surface area contributed by atoms with Gasteiger partial charge in [-0.15, -0.1) is 0 Å². The Morgan fingerprint density at radius 2 is 1.97 bits per heavy atom. The van der Waals surface area contributed by atoms with Gasteiger partial charge < -0.3 is 19.3 Å². The van der Waals surface area contributed by atoms with Gasteiger partial charge in [0.15, 0.2) is 6.61 Å². The van der Waals surface area contributed by atoms with E-state index in [2.05, 4.69) is 44.7 Å². The number of rotatable bonds is 7. The van der Waals surface area contributed by atoms with E-state index in [1.807, 2.05) is 19.1 Å². The van der Waals surface area contributed by atoms with Crippen LogP contribution in [-0.4, -0.2) is 30.9 Å². The Morgan fingerprint density at radius 3 is 2.60 bits per heavy atom. The first-order valence-corrected chi connectivity index (χ1v) is 10.2. The van der Waals surface area contributed by atoms with Crippen molar-refractivity contribution in [3.05, 3.63) is 71.3 Å². The van der Waals surface area contributed by atoms with Gasteiger partial charge in [0.1, 0.15) is 11.5 Å². The molecule has 0 bridgehead atoms. The minimum absolute atomic E-state index is 0.0128. The highest BCUT2D eigenvalue weighted by Gasteiger charge is 2.39. The molecule has 0 amide bonds. The van der Waals surface area contributed by atoms with Crippen molar-refractivity contribution in [3.8, 4) is 11.5 Å². The summed E-state index contributed by atoms with van der Waals surface area (Å²) in [7, 11) is 1.57. The molecule has 3 rings (SSSR count). The molecule has 2 aromatic carbocycles. The largest absolute Gasteiger partial charge is 0.497 e. The molecule has 5 nitrogen and oxygen atoms in total. The Morgan fingerprint density at radius 1 is 1.23 bits per heavy atom. The maximum Gasteiger partial charge on any atom is 0.341 e. The van der Waals surface area contributed by atoms with Gasteiger partial charge in [0, 0.05) is 23.5 Å². The zero-order valence-corrected chi connectivity index (χ0v) is 18.1. The van der Waals surface area contributed by atoms with Gasteiger partial charge in [-0.3, -0.25) is 0 Å². The predicted octanol–water partition coefficient (Wildman–Crippen LogP) is 5.29. The summed E-state index contributed by atoms with van der Waals surface area (Å²) in [4.78, 5) is 11.1. The first-order valence-electron chi connectivity index (χ1n) is 10.2. The van der Waals surface area contributed by atoms with E-state index < -0.39 is 12.6 Å². The molecule has 160 valence electrons. The van der Waals surface area contributed by atoms with Crippen molar-refractivity contribution in [2.45, 2.75) is 45.3 Å². The molecule has 30 heavy (non-hydrogen) atoms. The van der Waals surface area contributed by atoms with E-state index in [1.165, 1.54) is 11.1 Å². The van der Waals surface area contributed by atoms with Gasteiger partial charge >= 0.3 is 5.97 Å². The first kappa shape index (κ1) is 21.9. The van der Waals surface area contributed by atoms with Gasteiger partial charge in [0.2, 0.25) is 0 Å². The number of hydrogen-bond acceptors (Lipinski definition) is 4. The Hall–Kier alpha value is -2.79. The third-order valence-corrected chi connectivity index (χ3v) is 5.90. The number of ether oxygens (including phenoxy) is 3. The van der Waals surface area contributed by atoms with Crippen LogP contribution in [0.3, 0.4) is 0 Å². The van der Waals surface area contributed by atoms with Crippen molar-refractivity contribution >= 4 is 5.97 Å². The molecule has 1 N–H and O–H groups in total. The summed E-state index contributed by atoms with van der Waals surface area (Å²) in [5.41, 5.74) is 4.41. The molecule has 1 aliphatic heterocycles. The second-order valence-corrected chi connectivity index (χ2v) is 8.00. The number of carboxylic acid groups (broad SMARTS) is 1. The molecule has 1 saturated heterocycles. The fraction of sp³-hybridized carbons (Fsp3) is 0.400. The van der Waals surface area contributed by atoms with Crippen LogP contribution in [0.25, 0.3) is 0 Å². The number of carboxylic acids is 1. The number of aliphatic carboxylic acids is 1. The van der Waals surface area contributed by atoms with Crippen LogP contribution in [0.2, 0.25) is 0 Å². The third kappa shape index (κ3) is 4.68. The van der Waals surface area contributed by atoms with Crippen molar-refractivity contribution in [3.63, 3.8) is 0 Å². The normalized spacial score (nSPS) is 23.6. The first-order chi connectivity index (χ1) is 14.3. The Balaban J connectivity index is 1.97. The van der Waals surface area contributed by atoms with Gasteiger partial charge in [-0.05, 0) is 50.5 Å². The van der Waals surface area contributed by atoms with E-state index >= 15 is 0 Å². The summed E-state index contributed by atoms with van der Waals surface area (Å²) < 4.78 is 17.5. The van der Waals surface area contributed by atoms with Crippen molar-refractivity contribution in [2.24, 2.45) is 5.92 Å². The summed E-state index contributed by atoms with van der Waals surface area (Å²) in [6.07, 6.45) is 0.616. The van der Waals surface area contributed by atoms with Crippen molar-refractivity contribution in [2.75, 3.05) is 13.7 Å². The maximum absolute atomic E-state index is 11.1. The molecule has 0 spiro atoms. The van der Waals surface area contributed by atoms with Crippen molar-refractivity contribution < 1.29 is 24.1 Å². The van der Waals surface area contributed by atoms with Crippen LogP contribution in [0.15, 0.2) is 54.6 Å². The molecule has 0 saturated carbocycles. The summed E-state index contributed by atoms with van der Waals surface area (Å²) >= 11 is 0. The Kier molecular flexibility index (Phi) is 6.83. The number of benzene rings is 2. The lowest BCUT2D eigenvalue weighted by molar-refractivity contribution is -0.139. The second-order valence-electron chi connectivity index (χ2n) is 8.00. The summed E-state index contributed by atoms with van der Waals surface area (Å²) in [6, 6.07) is 13.9. The molecule has 0 aliphatic carbocycles. The van der Waals surface area contributed by atoms with Crippen molar-refractivity contribution in [1.82, 2.24) is 0 Å². The number of hydrogen-bond donors (Lipinski definition) is 1. The minimum Gasteiger partial charge on any atom is -0.497 e. The maximum atomic E-state index is 11.1. The molecular weight excluding hydrogens is 380 g/mol. The SMILES string of the molecule is C=C(C)[C@H]1C[C@H](c2ccccc2C)[C@H](C)O[C@@H]1c1ccc(OC)cc1OCC(=O)O. The highest BCUT2D eigenvalue weighted by molar-refractivity contribution is 5.68. The molecule has 1 heterocycles. The van der Waals surface area contributed by atoms with Crippen LogP contribution < -0.4 is 9.47 Å². The van der Waals surface area contributed by atoms with E-state index in [0.717, 1.165) is 17.6 Å². The lowest BCUT2D eigenvalue weighted by Crippen LogP contribution is -2.35. The standard InChI is InChI=1S/C25H30O5/c1-15(2)21-13-22(19-9-7-6-8-16(19)3)17(4)30-25(21)20-11-10-18(28-5)12-23(20)29-14-24(26)27/h6-12,17,21-22,25H,1,13-14H2,2-5H3,(H,26,27)/t17-,21+,22-,25+/m0/s1. The summed E-state index contributed by atoms with van der Waals surface area (Å²) in [5, 5.41) is 9.07. The third-order valence-electron chi connectivity index (χ3n) is 5.90.